The van der Waals surface area contributed by atoms with E-state index in [1.807, 2.05) is 39.0 Å². The van der Waals surface area contributed by atoms with Gasteiger partial charge in [-0.05, 0) is 38.5 Å². The molecule has 6 heteroatoms. The molecule has 0 aliphatic carbocycles. The van der Waals surface area contributed by atoms with Crippen LogP contribution in [0.25, 0.3) is 0 Å². The third-order valence-electron chi connectivity index (χ3n) is 2.99. The molecule has 0 saturated heterocycles. The van der Waals surface area contributed by atoms with Gasteiger partial charge < -0.3 is 10.6 Å². The molecule has 0 aliphatic rings. The van der Waals surface area contributed by atoms with Gasteiger partial charge in [0.05, 0.1) is 6.04 Å². The molecule has 0 spiro atoms. The van der Waals surface area contributed by atoms with E-state index >= 15 is 0 Å². The van der Waals surface area contributed by atoms with Gasteiger partial charge in [0, 0.05) is 22.7 Å². The third-order valence-corrected chi connectivity index (χ3v) is 3.55. The van der Waals surface area contributed by atoms with Crippen LogP contribution in [0.5, 0.6) is 0 Å². The first-order chi connectivity index (χ1) is 9.99. The summed E-state index contributed by atoms with van der Waals surface area (Å²) in [6, 6.07) is 7.39. The zero-order valence-electron chi connectivity index (χ0n) is 12.2. The minimum Gasteiger partial charge on any atom is -0.370 e. The Labute approximate surface area is 134 Å². The molecule has 0 fully saturated rings. The van der Waals surface area contributed by atoms with Gasteiger partial charge in [-0.15, -0.1) is 0 Å². The Morgan fingerprint density at radius 3 is 2.52 bits per heavy atom. The summed E-state index contributed by atoms with van der Waals surface area (Å²) in [4.78, 5) is 8.72. The van der Waals surface area contributed by atoms with Gasteiger partial charge in [0.2, 0.25) is 0 Å². The predicted molar refractivity (Wildman–Crippen MR) is 89.4 cm³/mol. The van der Waals surface area contributed by atoms with E-state index in [4.69, 9.17) is 23.2 Å². The van der Waals surface area contributed by atoms with Crippen molar-refractivity contribution >= 4 is 34.8 Å². The fourth-order valence-electron chi connectivity index (χ4n) is 2.07. The molecule has 0 amide bonds. The van der Waals surface area contributed by atoms with E-state index < -0.39 is 0 Å². The van der Waals surface area contributed by atoms with Gasteiger partial charge in [-0.1, -0.05) is 29.3 Å². The van der Waals surface area contributed by atoms with Gasteiger partial charge in [-0.25, -0.2) is 9.97 Å². The molecule has 2 rings (SSSR count). The van der Waals surface area contributed by atoms with Crippen LogP contribution in [0.2, 0.25) is 10.0 Å². The Hall–Kier alpha value is -1.52. The molecular formula is C15H18Cl2N4. The molecule has 4 nitrogen and oxygen atoms in total. The quantitative estimate of drug-likeness (QED) is 0.837. The van der Waals surface area contributed by atoms with E-state index in [2.05, 4.69) is 20.6 Å². The van der Waals surface area contributed by atoms with Crippen molar-refractivity contribution in [2.45, 2.75) is 26.8 Å². The summed E-state index contributed by atoms with van der Waals surface area (Å²) >= 11 is 12.2. The summed E-state index contributed by atoms with van der Waals surface area (Å²) in [6.07, 6.45) is 0. The minimum absolute atomic E-state index is 0.0125. The highest BCUT2D eigenvalue weighted by Gasteiger charge is 2.11. The number of anilines is 2. The first-order valence-electron chi connectivity index (χ1n) is 6.80. The summed E-state index contributed by atoms with van der Waals surface area (Å²) in [5, 5.41) is 7.79. The monoisotopic (exact) mass is 324 g/mol. The zero-order chi connectivity index (χ0) is 15.4. The van der Waals surface area contributed by atoms with E-state index in [1.165, 1.54) is 0 Å². The summed E-state index contributed by atoms with van der Waals surface area (Å²) in [5.41, 5.74) is 0.974. The van der Waals surface area contributed by atoms with Crippen LogP contribution in [0, 0.1) is 6.92 Å². The number of hydrogen-bond donors (Lipinski definition) is 2. The van der Waals surface area contributed by atoms with Crippen LogP contribution >= 0.6 is 23.2 Å². The zero-order valence-corrected chi connectivity index (χ0v) is 13.8. The van der Waals surface area contributed by atoms with Crippen LogP contribution in [0.1, 0.15) is 31.3 Å². The molecule has 0 radical (unpaired) electrons. The number of nitrogens with zero attached hydrogens (tertiary/aromatic N) is 2. The molecule has 1 heterocycles. The number of hydrogen-bond acceptors (Lipinski definition) is 4. The van der Waals surface area contributed by atoms with E-state index in [9.17, 15) is 0 Å². The maximum Gasteiger partial charge on any atom is 0.132 e. The molecule has 1 aromatic carbocycles. The van der Waals surface area contributed by atoms with E-state index in [0.717, 1.165) is 23.7 Å². The fraction of sp³-hybridized carbons (Fsp3) is 0.333. The standard InChI is InChI=1S/C15H18Cl2N4/c1-4-18-14-8-15(21-10(3)20-14)19-9(2)12-6-5-11(16)7-13(12)17/h5-9H,4H2,1-3H3,(H2,18,19,20,21). The molecule has 0 bridgehead atoms. The Balaban J connectivity index is 2.20. The average molecular weight is 325 g/mol. The molecule has 0 saturated carbocycles. The molecule has 1 unspecified atom stereocenters. The fourth-order valence-corrected chi connectivity index (χ4v) is 2.64. The van der Waals surface area contributed by atoms with Gasteiger partial charge in [-0.2, -0.15) is 0 Å². The van der Waals surface area contributed by atoms with Gasteiger partial charge in [0.25, 0.3) is 0 Å². The highest BCUT2D eigenvalue weighted by molar-refractivity contribution is 6.35. The summed E-state index contributed by atoms with van der Waals surface area (Å²) in [7, 11) is 0. The molecule has 112 valence electrons. The molecule has 2 aromatic rings. The second kappa shape index (κ2) is 6.96. The van der Waals surface area contributed by atoms with Crippen molar-refractivity contribution in [1.82, 2.24) is 9.97 Å². The number of nitrogens with one attached hydrogen (secondary N) is 2. The number of rotatable bonds is 5. The largest absolute Gasteiger partial charge is 0.370 e. The van der Waals surface area contributed by atoms with E-state index in [0.29, 0.717) is 15.9 Å². The van der Waals surface area contributed by atoms with Crippen LogP contribution in [0.3, 0.4) is 0 Å². The molecule has 1 aromatic heterocycles. The Morgan fingerprint density at radius 1 is 1.14 bits per heavy atom. The lowest BCUT2D eigenvalue weighted by atomic mass is 10.1. The van der Waals surface area contributed by atoms with Crippen LogP contribution < -0.4 is 10.6 Å². The molecule has 0 aliphatic heterocycles. The van der Waals surface area contributed by atoms with Crippen LogP contribution in [0.4, 0.5) is 11.6 Å². The van der Waals surface area contributed by atoms with Crippen molar-refractivity contribution < 1.29 is 0 Å². The van der Waals surface area contributed by atoms with Gasteiger partial charge in [0.1, 0.15) is 17.5 Å². The smallest absolute Gasteiger partial charge is 0.132 e. The van der Waals surface area contributed by atoms with Crippen molar-refractivity contribution in [3.63, 3.8) is 0 Å². The number of benzene rings is 1. The summed E-state index contributed by atoms with van der Waals surface area (Å²) in [5.74, 6) is 2.28. The van der Waals surface area contributed by atoms with Crippen molar-refractivity contribution in [3.8, 4) is 0 Å². The maximum atomic E-state index is 6.23. The average Bonchev–Trinajstić information content (AvgIpc) is 2.37. The van der Waals surface area contributed by atoms with Crippen LogP contribution in [0.15, 0.2) is 24.3 Å². The Morgan fingerprint density at radius 2 is 1.86 bits per heavy atom. The number of aryl methyl sites for hydroxylation is 1. The van der Waals surface area contributed by atoms with Crippen LogP contribution in [-0.4, -0.2) is 16.5 Å². The maximum absolute atomic E-state index is 6.23. The lowest BCUT2D eigenvalue weighted by molar-refractivity contribution is 0.867. The van der Waals surface area contributed by atoms with Gasteiger partial charge >= 0.3 is 0 Å². The normalized spacial score (nSPS) is 12.0. The molecule has 2 N–H and O–H groups in total. The second-order valence-electron chi connectivity index (χ2n) is 4.75. The van der Waals surface area contributed by atoms with Crippen molar-refractivity contribution in [3.05, 3.63) is 45.7 Å². The third kappa shape index (κ3) is 4.22. The minimum atomic E-state index is 0.0125. The molecule has 1 atom stereocenters. The summed E-state index contributed by atoms with van der Waals surface area (Å²) < 4.78 is 0. The first-order valence-corrected chi connectivity index (χ1v) is 7.56. The van der Waals surface area contributed by atoms with Crippen molar-refractivity contribution in [2.24, 2.45) is 0 Å². The van der Waals surface area contributed by atoms with E-state index in [1.54, 1.807) is 6.07 Å². The van der Waals surface area contributed by atoms with Crippen LogP contribution in [-0.2, 0) is 0 Å². The van der Waals surface area contributed by atoms with Gasteiger partial charge in [0.15, 0.2) is 0 Å². The highest BCUT2D eigenvalue weighted by Crippen LogP contribution is 2.28. The predicted octanol–water partition coefficient (Wildman–Crippen LogP) is 4.70. The molecule has 21 heavy (non-hydrogen) atoms. The molecular weight excluding hydrogens is 307 g/mol. The SMILES string of the molecule is CCNc1cc(NC(C)c2ccc(Cl)cc2Cl)nc(C)n1. The topological polar surface area (TPSA) is 49.8 Å². The Kier molecular flexibility index (Phi) is 5.26. The highest BCUT2D eigenvalue weighted by atomic mass is 35.5. The first kappa shape index (κ1) is 15.9. The lowest BCUT2D eigenvalue weighted by Crippen LogP contribution is -2.10. The van der Waals surface area contributed by atoms with E-state index in [-0.39, 0.29) is 6.04 Å². The van der Waals surface area contributed by atoms with Crippen molar-refractivity contribution in [2.75, 3.05) is 17.2 Å². The Bertz CT molecular complexity index is 631. The van der Waals surface area contributed by atoms with Gasteiger partial charge in [-0.3, -0.25) is 0 Å². The lowest BCUT2D eigenvalue weighted by Gasteiger charge is -2.17. The summed E-state index contributed by atoms with van der Waals surface area (Å²) in [6.45, 7) is 6.74. The number of aromatic nitrogens is 2. The number of halogens is 2. The second-order valence-corrected chi connectivity index (χ2v) is 5.59. The van der Waals surface area contributed by atoms with Crippen molar-refractivity contribution in [1.29, 1.82) is 0 Å².